The maximum absolute atomic E-state index is 13.5. The van der Waals surface area contributed by atoms with E-state index in [0.29, 0.717) is 44.9 Å². The highest BCUT2D eigenvalue weighted by molar-refractivity contribution is 5.82. The first kappa shape index (κ1) is 22.8. The minimum atomic E-state index is -1.55. The van der Waals surface area contributed by atoms with Crippen molar-refractivity contribution >= 4 is 11.8 Å². The van der Waals surface area contributed by atoms with Crippen LogP contribution >= 0.6 is 0 Å². The number of nitrogens with one attached hydrogen (secondary N) is 3. The van der Waals surface area contributed by atoms with Crippen molar-refractivity contribution in [2.24, 2.45) is 0 Å². The van der Waals surface area contributed by atoms with E-state index >= 15 is 0 Å². The van der Waals surface area contributed by atoms with Crippen LogP contribution in [0.2, 0.25) is 0 Å². The van der Waals surface area contributed by atoms with Crippen LogP contribution in [0.4, 0.5) is 8.78 Å². The Morgan fingerprint density at radius 2 is 1.87 bits per heavy atom. The van der Waals surface area contributed by atoms with Gasteiger partial charge in [0.2, 0.25) is 5.91 Å². The smallest absolute Gasteiger partial charge is 0.251 e. The Hall–Kier alpha value is -1.36. The third-order valence-corrected chi connectivity index (χ3v) is 7.46. The van der Waals surface area contributed by atoms with Gasteiger partial charge in [0.25, 0.3) is 5.91 Å². The SMILES string of the molecule is CC1CC(C(=O)NC23CCC(NC(=O)COC4CCC(F)C(F)C4)(CC2)C(O)C3)ON1. The van der Waals surface area contributed by atoms with Crippen LogP contribution in [0.3, 0.4) is 0 Å². The van der Waals surface area contributed by atoms with Crippen LogP contribution in [-0.2, 0) is 19.2 Å². The zero-order valence-electron chi connectivity index (χ0n) is 17.9. The molecule has 1 heterocycles. The van der Waals surface area contributed by atoms with E-state index in [2.05, 4.69) is 16.1 Å². The van der Waals surface area contributed by atoms with Gasteiger partial charge in [-0.2, -0.15) is 5.48 Å². The molecule has 4 N–H and O–H groups in total. The van der Waals surface area contributed by atoms with E-state index in [-0.39, 0.29) is 37.3 Å². The van der Waals surface area contributed by atoms with Crippen molar-refractivity contribution in [3.8, 4) is 0 Å². The summed E-state index contributed by atoms with van der Waals surface area (Å²) in [5, 5.41) is 16.8. The van der Waals surface area contributed by atoms with E-state index in [4.69, 9.17) is 9.57 Å². The van der Waals surface area contributed by atoms with Gasteiger partial charge in [0, 0.05) is 24.4 Å². The van der Waals surface area contributed by atoms with E-state index in [9.17, 15) is 23.5 Å². The number of hydrogen-bond acceptors (Lipinski definition) is 6. The molecular weight excluding hydrogens is 412 g/mol. The second kappa shape index (κ2) is 8.88. The number of fused-ring (bicyclic) bond motifs is 3. The Morgan fingerprint density at radius 1 is 1.13 bits per heavy atom. The topological polar surface area (TPSA) is 109 Å². The zero-order valence-corrected chi connectivity index (χ0v) is 17.9. The molecule has 0 spiro atoms. The third kappa shape index (κ3) is 4.86. The lowest BCUT2D eigenvalue weighted by atomic mass is 9.60. The van der Waals surface area contributed by atoms with E-state index in [1.807, 2.05) is 6.92 Å². The Kier molecular flexibility index (Phi) is 6.54. The summed E-state index contributed by atoms with van der Waals surface area (Å²) in [6, 6.07) is 0.115. The summed E-state index contributed by atoms with van der Waals surface area (Å²) in [4.78, 5) is 30.4. The second-order valence-corrected chi connectivity index (χ2v) is 9.83. The fourth-order valence-electron chi connectivity index (χ4n) is 5.48. The summed E-state index contributed by atoms with van der Waals surface area (Å²) in [6.45, 7) is 1.70. The molecule has 0 aromatic heterocycles. The monoisotopic (exact) mass is 445 g/mol. The number of hydrogen-bond donors (Lipinski definition) is 4. The first-order chi connectivity index (χ1) is 14.7. The quantitative estimate of drug-likeness (QED) is 0.485. The lowest BCUT2D eigenvalue weighted by Crippen LogP contribution is -2.70. The van der Waals surface area contributed by atoms with Gasteiger partial charge < -0.3 is 20.5 Å². The Labute approximate surface area is 180 Å². The minimum absolute atomic E-state index is 0.0383. The van der Waals surface area contributed by atoms with Gasteiger partial charge in [0.1, 0.15) is 19.0 Å². The molecule has 8 nitrogen and oxygen atoms in total. The molecule has 5 fully saturated rings. The maximum Gasteiger partial charge on any atom is 0.251 e. The van der Waals surface area contributed by atoms with Crippen LogP contribution < -0.4 is 16.1 Å². The van der Waals surface area contributed by atoms with Crippen LogP contribution in [0, 0.1) is 0 Å². The van der Waals surface area contributed by atoms with Crippen LogP contribution in [-0.4, -0.2) is 71.3 Å². The van der Waals surface area contributed by atoms with Crippen molar-refractivity contribution in [3.63, 3.8) is 0 Å². The van der Waals surface area contributed by atoms with Gasteiger partial charge in [0.05, 0.1) is 17.7 Å². The van der Waals surface area contributed by atoms with Gasteiger partial charge in [-0.05, 0) is 51.9 Å². The molecule has 5 aliphatic rings. The summed E-state index contributed by atoms with van der Waals surface area (Å²) < 4.78 is 32.3. The Bertz CT molecular complexity index is 688. The summed E-state index contributed by atoms with van der Waals surface area (Å²) in [5.41, 5.74) is 1.56. The van der Waals surface area contributed by atoms with Crippen LogP contribution in [0.25, 0.3) is 0 Å². The van der Waals surface area contributed by atoms with Gasteiger partial charge >= 0.3 is 0 Å². The molecule has 2 amide bonds. The third-order valence-electron chi connectivity index (χ3n) is 7.46. The van der Waals surface area contributed by atoms with E-state index in [0.717, 1.165) is 0 Å². The summed E-state index contributed by atoms with van der Waals surface area (Å²) in [6.07, 6.45) is -0.998. The van der Waals surface area contributed by atoms with Gasteiger partial charge in [-0.25, -0.2) is 8.78 Å². The molecule has 1 saturated heterocycles. The molecule has 4 saturated carbocycles. The highest BCUT2D eigenvalue weighted by Gasteiger charge is 2.55. The molecule has 176 valence electrons. The lowest BCUT2D eigenvalue weighted by Gasteiger charge is -2.56. The molecule has 2 bridgehead atoms. The van der Waals surface area contributed by atoms with Crippen molar-refractivity contribution in [1.29, 1.82) is 0 Å². The maximum atomic E-state index is 13.5. The molecule has 5 rings (SSSR count). The van der Waals surface area contributed by atoms with Gasteiger partial charge in [-0.15, -0.1) is 0 Å². The highest BCUT2D eigenvalue weighted by atomic mass is 19.2. The summed E-state index contributed by atoms with van der Waals surface area (Å²) in [5.74, 6) is -0.542. The number of ether oxygens (including phenoxy) is 1. The average Bonchev–Trinajstić information content (AvgIpc) is 3.17. The number of aliphatic hydroxyl groups excluding tert-OH is 1. The molecule has 0 radical (unpaired) electrons. The first-order valence-electron chi connectivity index (χ1n) is 11.3. The van der Waals surface area contributed by atoms with Crippen LogP contribution in [0.15, 0.2) is 0 Å². The van der Waals surface area contributed by atoms with Gasteiger partial charge in [0.15, 0.2) is 6.10 Å². The molecule has 0 aromatic carbocycles. The van der Waals surface area contributed by atoms with Gasteiger partial charge in [-0.3, -0.25) is 14.4 Å². The number of rotatable bonds is 6. The molecule has 0 aromatic rings. The molecule has 4 aliphatic carbocycles. The summed E-state index contributed by atoms with van der Waals surface area (Å²) in [7, 11) is 0. The van der Waals surface area contributed by atoms with Crippen molar-refractivity contribution in [1.82, 2.24) is 16.1 Å². The minimum Gasteiger partial charge on any atom is -0.391 e. The average molecular weight is 446 g/mol. The highest BCUT2D eigenvalue weighted by Crippen LogP contribution is 2.47. The van der Waals surface area contributed by atoms with Crippen LogP contribution in [0.1, 0.15) is 64.7 Å². The molecular formula is C21H33F2N3O5. The van der Waals surface area contributed by atoms with Crippen molar-refractivity contribution in [3.05, 3.63) is 0 Å². The number of carbonyl (C=O) groups is 2. The van der Waals surface area contributed by atoms with Crippen molar-refractivity contribution < 1.29 is 33.1 Å². The number of alkyl halides is 2. The molecule has 10 heteroatoms. The first-order valence-corrected chi connectivity index (χ1v) is 11.3. The molecule has 1 aliphatic heterocycles. The Morgan fingerprint density at radius 3 is 2.48 bits per heavy atom. The predicted molar refractivity (Wildman–Crippen MR) is 106 cm³/mol. The fraction of sp³-hybridized carbons (Fsp3) is 0.905. The zero-order chi connectivity index (χ0) is 22.2. The number of hydroxylamine groups is 1. The largest absolute Gasteiger partial charge is 0.391 e. The van der Waals surface area contributed by atoms with E-state index < -0.39 is 41.7 Å². The number of halogens is 2. The predicted octanol–water partition coefficient (Wildman–Crippen LogP) is 0.962. The number of aliphatic hydroxyl groups is 1. The second-order valence-electron chi connectivity index (χ2n) is 9.83. The van der Waals surface area contributed by atoms with E-state index in [1.165, 1.54) is 0 Å². The fourth-order valence-corrected chi connectivity index (χ4v) is 5.48. The normalized spacial score (nSPS) is 44.8. The standard InChI is InChI=1S/C21H33F2N3O5/c1-12-8-16(31-26-12)19(29)25-20-4-6-21(7-5-20,17(27)10-20)24-18(28)11-30-13-2-3-14(22)15(23)9-13/h12-17,26-27H,2-11H2,1H3,(H,24,28)(H,25,29). The lowest BCUT2D eigenvalue weighted by molar-refractivity contribution is -0.144. The molecule has 6 unspecified atom stereocenters. The Balaban J connectivity index is 1.26. The van der Waals surface area contributed by atoms with Crippen LogP contribution in [0.5, 0.6) is 0 Å². The molecule has 31 heavy (non-hydrogen) atoms. The number of amides is 2. The van der Waals surface area contributed by atoms with Crippen molar-refractivity contribution in [2.75, 3.05) is 6.61 Å². The molecule has 6 atom stereocenters. The number of carbonyl (C=O) groups excluding carboxylic acids is 2. The van der Waals surface area contributed by atoms with E-state index in [1.54, 1.807) is 0 Å². The van der Waals surface area contributed by atoms with Crippen molar-refractivity contribution in [2.45, 2.75) is 112 Å². The summed E-state index contributed by atoms with van der Waals surface area (Å²) >= 11 is 0. The van der Waals surface area contributed by atoms with Gasteiger partial charge in [-0.1, -0.05) is 0 Å².